The maximum Gasteiger partial charge on any atom is 0.330 e. The van der Waals surface area contributed by atoms with Crippen molar-refractivity contribution in [3.05, 3.63) is 54.1 Å². The molecule has 0 saturated carbocycles. The van der Waals surface area contributed by atoms with E-state index in [9.17, 15) is 14.4 Å². The number of nitrogens with zero attached hydrogens (tertiary/aromatic N) is 1. The van der Waals surface area contributed by atoms with E-state index in [0.29, 0.717) is 0 Å². The molecule has 1 aromatic rings. The summed E-state index contributed by atoms with van der Waals surface area (Å²) in [4.78, 5) is 37.2. The Kier molecular flexibility index (Phi) is 7.98. The van der Waals surface area contributed by atoms with Gasteiger partial charge in [0.1, 0.15) is 18.8 Å². The summed E-state index contributed by atoms with van der Waals surface area (Å²) in [6, 6.07) is 3.55. The number of esters is 2. The number of hydrogen-bond donors (Lipinski definition) is 1. The Morgan fingerprint density at radius 3 is 1.86 bits per heavy atom. The minimum Gasteiger partial charge on any atom is -0.460 e. The second-order valence-corrected chi connectivity index (χ2v) is 6.92. The molecule has 0 bridgehead atoms. The first-order valence-electron chi connectivity index (χ1n) is 8.75. The quantitative estimate of drug-likeness (QED) is 0.547. The van der Waals surface area contributed by atoms with Crippen LogP contribution in [0.5, 0.6) is 0 Å². The summed E-state index contributed by atoms with van der Waals surface area (Å²) >= 11 is 0. The molecule has 0 spiro atoms. The Balaban J connectivity index is 3.03. The van der Waals surface area contributed by atoms with Crippen molar-refractivity contribution in [2.24, 2.45) is 0 Å². The number of amides is 2. The largest absolute Gasteiger partial charge is 0.460 e. The fourth-order valence-corrected chi connectivity index (χ4v) is 2.84. The molecule has 1 aromatic carbocycles. The summed E-state index contributed by atoms with van der Waals surface area (Å²) < 4.78 is 10.1. The van der Waals surface area contributed by atoms with Crippen LogP contribution in [0.2, 0.25) is 0 Å². The van der Waals surface area contributed by atoms with Crippen LogP contribution in [-0.4, -0.2) is 43.8 Å². The highest BCUT2D eigenvalue weighted by atomic mass is 16.5. The van der Waals surface area contributed by atoms with Gasteiger partial charge in [-0.3, -0.25) is 4.90 Å². The summed E-state index contributed by atoms with van der Waals surface area (Å²) in [5.41, 5.74) is 2.64. The molecule has 7 heteroatoms. The van der Waals surface area contributed by atoms with Gasteiger partial charge in [0.05, 0.1) is 5.69 Å². The standard InChI is InChI=1S/C21H28N2O5/c1-8-17(24)27-12-21(6,13-28-18(25)9-2)22-20(26)23(7)19-15(4)10-14(3)11-16(19)5/h8-11H,1-2,12-13H2,3-7H3,(H,22,26). The van der Waals surface area contributed by atoms with Crippen LogP contribution in [0.25, 0.3) is 0 Å². The molecule has 0 unspecified atom stereocenters. The molecule has 0 aliphatic heterocycles. The van der Waals surface area contributed by atoms with E-state index in [1.807, 2.05) is 32.9 Å². The van der Waals surface area contributed by atoms with Crippen molar-refractivity contribution in [3.63, 3.8) is 0 Å². The Bertz CT molecular complexity index is 738. The van der Waals surface area contributed by atoms with E-state index in [-0.39, 0.29) is 13.2 Å². The van der Waals surface area contributed by atoms with Gasteiger partial charge in [-0.25, -0.2) is 14.4 Å². The Morgan fingerprint density at radius 1 is 1.04 bits per heavy atom. The van der Waals surface area contributed by atoms with Crippen molar-refractivity contribution in [2.45, 2.75) is 33.2 Å². The molecule has 28 heavy (non-hydrogen) atoms. The Labute approximate surface area is 166 Å². The summed E-state index contributed by atoms with van der Waals surface area (Å²) in [6.45, 7) is 13.7. The number of hydrogen-bond acceptors (Lipinski definition) is 5. The number of aryl methyl sites for hydroxylation is 3. The number of benzene rings is 1. The third kappa shape index (κ3) is 6.26. The van der Waals surface area contributed by atoms with Gasteiger partial charge in [-0.05, 0) is 38.8 Å². The van der Waals surface area contributed by atoms with Gasteiger partial charge in [-0.2, -0.15) is 0 Å². The number of urea groups is 1. The average molecular weight is 388 g/mol. The van der Waals surface area contributed by atoms with Crippen molar-refractivity contribution >= 4 is 23.7 Å². The molecule has 0 saturated heterocycles. The molecule has 0 atom stereocenters. The topological polar surface area (TPSA) is 84.9 Å². The third-order valence-electron chi connectivity index (χ3n) is 4.08. The van der Waals surface area contributed by atoms with Crippen molar-refractivity contribution in [3.8, 4) is 0 Å². The minimum absolute atomic E-state index is 0.201. The number of carbonyl (C=O) groups excluding carboxylic acids is 3. The van der Waals surface area contributed by atoms with Gasteiger partial charge >= 0.3 is 18.0 Å². The highest BCUT2D eigenvalue weighted by Crippen LogP contribution is 2.25. The monoisotopic (exact) mass is 388 g/mol. The number of ether oxygens (including phenoxy) is 2. The van der Waals surface area contributed by atoms with Crippen LogP contribution < -0.4 is 10.2 Å². The highest BCUT2D eigenvalue weighted by Gasteiger charge is 2.32. The van der Waals surface area contributed by atoms with Crippen molar-refractivity contribution in [2.75, 3.05) is 25.2 Å². The fraction of sp³-hybridized carbons (Fsp3) is 0.381. The van der Waals surface area contributed by atoms with E-state index >= 15 is 0 Å². The second-order valence-electron chi connectivity index (χ2n) is 6.92. The van der Waals surface area contributed by atoms with Crippen LogP contribution in [0.15, 0.2) is 37.4 Å². The van der Waals surface area contributed by atoms with Gasteiger partial charge in [0, 0.05) is 19.2 Å². The molecule has 0 aromatic heterocycles. The van der Waals surface area contributed by atoms with Crippen LogP contribution in [0.4, 0.5) is 10.5 Å². The minimum atomic E-state index is -1.14. The predicted molar refractivity (Wildman–Crippen MR) is 108 cm³/mol. The maximum atomic E-state index is 12.9. The average Bonchev–Trinajstić information content (AvgIpc) is 2.63. The van der Waals surface area contributed by atoms with E-state index in [1.165, 1.54) is 4.90 Å². The summed E-state index contributed by atoms with van der Waals surface area (Å²) in [5.74, 6) is -1.29. The van der Waals surface area contributed by atoms with Crippen LogP contribution in [0, 0.1) is 20.8 Å². The van der Waals surface area contributed by atoms with Crippen LogP contribution in [0.3, 0.4) is 0 Å². The first-order valence-corrected chi connectivity index (χ1v) is 8.75. The number of nitrogens with one attached hydrogen (secondary N) is 1. The SMILES string of the molecule is C=CC(=O)OCC(C)(COC(=O)C=C)NC(=O)N(C)c1c(C)cc(C)cc1C. The lowest BCUT2D eigenvalue weighted by molar-refractivity contribution is -0.144. The molecule has 0 aliphatic rings. The predicted octanol–water partition coefficient (Wildman–Crippen LogP) is 2.97. The van der Waals surface area contributed by atoms with E-state index in [1.54, 1.807) is 14.0 Å². The molecule has 0 radical (unpaired) electrons. The maximum absolute atomic E-state index is 12.9. The van der Waals surface area contributed by atoms with Crippen LogP contribution in [-0.2, 0) is 19.1 Å². The third-order valence-corrected chi connectivity index (χ3v) is 4.08. The van der Waals surface area contributed by atoms with E-state index in [2.05, 4.69) is 18.5 Å². The lowest BCUT2D eigenvalue weighted by atomic mass is 10.0. The first-order chi connectivity index (χ1) is 13.0. The normalized spacial score (nSPS) is 10.6. The molecule has 2 amide bonds. The summed E-state index contributed by atoms with van der Waals surface area (Å²) in [6.07, 6.45) is 2.03. The lowest BCUT2D eigenvalue weighted by Gasteiger charge is -2.32. The molecule has 1 N–H and O–H groups in total. The van der Waals surface area contributed by atoms with Crippen molar-refractivity contribution < 1.29 is 23.9 Å². The van der Waals surface area contributed by atoms with E-state index < -0.39 is 23.5 Å². The number of carbonyl (C=O) groups is 3. The summed E-state index contributed by atoms with van der Waals surface area (Å²) in [5, 5.41) is 2.78. The lowest BCUT2D eigenvalue weighted by Crippen LogP contribution is -2.56. The zero-order chi connectivity index (χ0) is 21.5. The Hall–Kier alpha value is -3.09. The van der Waals surface area contributed by atoms with Gasteiger partial charge in [-0.1, -0.05) is 30.9 Å². The summed E-state index contributed by atoms with van der Waals surface area (Å²) in [7, 11) is 1.64. The van der Waals surface area contributed by atoms with Crippen LogP contribution in [0.1, 0.15) is 23.6 Å². The van der Waals surface area contributed by atoms with Gasteiger partial charge in [0.2, 0.25) is 0 Å². The smallest absolute Gasteiger partial charge is 0.330 e. The molecule has 0 heterocycles. The number of anilines is 1. The zero-order valence-electron chi connectivity index (χ0n) is 17.1. The van der Waals surface area contributed by atoms with Crippen LogP contribution >= 0.6 is 0 Å². The zero-order valence-corrected chi connectivity index (χ0v) is 17.1. The second kappa shape index (κ2) is 9.73. The molecule has 152 valence electrons. The molecular formula is C21H28N2O5. The molecule has 0 aliphatic carbocycles. The molecular weight excluding hydrogens is 360 g/mol. The Morgan fingerprint density at radius 2 is 1.46 bits per heavy atom. The first kappa shape index (κ1) is 23.0. The van der Waals surface area contributed by atoms with Gasteiger partial charge in [0.15, 0.2) is 0 Å². The van der Waals surface area contributed by atoms with E-state index in [4.69, 9.17) is 9.47 Å². The van der Waals surface area contributed by atoms with Gasteiger partial charge < -0.3 is 14.8 Å². The van der Waals surface area contributed by atoms with Gasteiger partial charge in [0.25, 0.3) is 0 Å². The van der Waals surface area contributed by atoms with Gasteiger partial charge in [-0.15, -0.1) is 0 Å². The highest BCUT2D eigenvalue weighted by molar-refractivity contribution is 5.93. The van der Waals surface area contributed by atoms with E-state index in [0.717, 1.165) is 34.5 Å². The number of rotatable bonds is 8. The fourth-order valence-electron chi connectivity index (χ4n) is 2.84. The molecule has 0 fully saturated rings. The van der Waals surface area contributed by atoms with Crippen molar-refractivity contribution in [1.29, 1.82) is 0 Å². The molecule has 7 nitrogen and oxygen atoms in total. The van der Waals surface area contributed by atoms with Crippen molar-refractivity contribution in [1.82, 2.24) is 5.32 Å². The molecule has 1 rings (SSSR count).